The second-order valence-electron chi connectivity index (χ2n) is 8.46. The molecule has 0 aliphatic carbocycles. The number of ether oxygens (including phenoxy) is 1. The van der Waals surface area contributed by atoms with Crippen molar-refractivity contribution in [3.8, 4) is 11.1 Å². The summed E-state index contributed by atoms with van der Waals surface area (Å²) in [5.41, 5.74) is 3.55. The standard InChI is InChI=1S/C23H26BFO3/c1-22(2)23(3,4)28-24(27-22)19-7-5-6-18(14-19)20-9-8-17(15-21(20)25)16-10-12-26-13-11-16/h5-10,14-15H,11-13H2,1-4H3. The van der Waals surface area contributed by atoms with E-state index in [0.29, 0.717) is 18.8 Å². The van der Waals surface area contributed by atoms with E-state index in [1.165, 1.54) is 0 Å². The lowest BCUT2D eigenvalue weighted by atomic mass is 9.78. The van der Waals surface area contributed by atoms with Gasteiger partial charge in [-0.25, -0.2) is 4.39 Å². The Morgan fingerprint density at radius 3 is 2.32 bits per heavy atom. The molecule has 0 amide bonds. The highest BCUT2D eigenvalue weighted by Crippen LogP contribution is 2.37. The topological polar surface area (TPSA) is 27.7 Å². The van der Waals surface area contributed by atoms with Gasteiger partial charge in [-0.1, -0.05) is 42.5 Å². The summed E-state index contributed by atoms with van der Waals surface area (Å²) in [6, 6.07) is 13.2. The zero-order valence-corrected chi connectivity index (χ0v) is 16.9. The van der Waals surface area contributed by atoms with Crippen LogP contribution < -0.4 is 5.46 Å². The van der Waals surface area contributed by atoms with Gasteiger partial charge in [0.2, 0.25) is 0 Å². The Balaban J connectivity index is 1.62. The minimum Gasteiger partial charge on any atom is -0.399 e. The molecule has 2 aromatic rings. The van der Waals surface area contributed by atoms with E-state index in [1.54, 1.807) is 6.07 Å². The number of halogens is 1. The quantitative estimate of drug-likeness (QED) is 0.729. The van der Waals surface area contributed by atoms with Gasteiger partial charge in [0.05, 0.1) is 24.4 Å². The second kappa shape index (κ2) is 7.14. The van der Waals surface area contributed by atoms with Crippen LogP contribution in [0.15, 0.2) is 48.5 Å². The van der Waals surface area contributed by atoms with E-state index < -0.39 is 18.3 Å². The normalized spacial score (nSPS) is 20.9. The van der Waals surface area contributed by atoms with E-state index in [0.717, 1.165) is 28.6 Å². The van der Waals surface area contributed by atoms with Gasteiger partial charge in [0, 0.05) is 5.56 Å². The Labute approximate surface area is 166 Å². The molecule has 0 aromatic heterocycles. The Morgan fingerprint density at radius 1 is 0.929 bits per heavy atom. The fourth-order valence-electron chi connectivity index (χ4n) is 3.57. The molecule has 3 nitrogen and oxygen atoms in total. The highest BCUT2D eigenvalue weighted by atomic mass is 19.1. The van der Waals surface area contributed by atoms with Crippen LogP contribution in [0.25, 0.3) is 16.7 Å². The first-order valence-corrected chi connectivity index (χ1v) is 9.79. The van der Waals surface area contributed by atoms with E-state index in [9.17, 15) is 4.39 Å². The lowest BCUT2D eigenvalue weighted by Gasteiger charge is -2.32. The lowest BCUT2D eigenvalue weighted by Crippen LogP contribution is -2.41. The molecule has 0 N–H and O–H groups in total. The number of benzene rings is 2. The second-order valence-corrected chi connectivity index (χ2v) is 8.46. The van der Waals surface area contributed by atoms with Crippen molar-refractivity contribution >= 4 is 18.2 Å². The first-order chi connectivity index (χ1) is 13.3. The highest BCUT2D eigenvalue weighted by Gasteiger charge is 2.51. The molecule has 0 atom stereocenters. The summed E-state index contributed by atoms with van der Waals surface area (Å²) in [7, 11) is -0.459. The number of hydrogen-bond donors (Lipinski definition) is 0. The zero-order chi connectivity index (χ0) is 19.9. The fourth-order valence-corrected chi connectivity index (χ4v) is 3.57. The number of rotatable bonds is 3. The molecule has 146 valence electrons. The molecule has 0 unspecified atom stereocenters. The third-order valence-electron chi connectivity index (χ3n) is 6.03. The molecular formula is C23H26BFO3. The Hall–Kier alpha value is -1.95. The van der Waals surface area contributed by atoms with Crippen LogP contribution in [0, 0.1) is 5.82 Å². The van der Waals surface area contributed by atoms with Gasteiger partial charge in [0.15, 0.2) is 0 Å². The molecule has 0 bridgehead atoms. The van der Waals surface area contributed by atoms with Crippen LogP contribution in [-0.2, 0) is 14.0 Å². The van der Waals surface area contributed by atoms with E-state index in [2.05, 4.69) is 0 Å². The summed E-state index contributed by atoms with van der Waals surface area (Å²) in [6.07, 6.45) is 2.84. The third-order valence-corrected chi connectivity index (χ3v) is 6.03. The van der Waals surface area contributed by atoms with Gasteiger partial charge in [-0.2, -0.15) is 0 Å². The van der Waals surface area contributed by atoms with Crippen molar-refractivity contribution in [1.82, 2.24) is 0 Å². The van der Waals surface area contributed by atoms with Crippen molar-refractivity contribution in [3.05, 3.63) is 59.9 Å². The molecule has 0 saturated carbocycles. The lowest BCUT2D eigenvalue weighted by molar-refractivity contribution is 0.00578. The van der Waals surface area contributed by atoms with Gasteiger partial charge in [0.1, 0.15) is 5.82 Å². The predicted molar refractivity (Wildman–Crippen MR) is 111 cm³/mol. The maximum atomic E-state index is 14.9. The van der Waals surface area contributed by atoms with Crippen molar-refractivity contribution < 1.29 is 18.4 Å². The largest absolute Gasteiger partial charge is 0.494 e. The molecule has 0 spiro atoms. The van der Waals surface area contributed by atoms with Crippen molar-refractivity contribution in [2.24, 2.45) is 0 Å². The molecule has 1 fully saturated rings. The summed E-state index contributed by atoms with van der Waals surface area (Å²) in [6.45, 7) is 9.39. The highest BCUT2D eigenvalue weighted by molar-refractivity contribution is 6.62. The smallest absolute Gasteiger partial charge is 0.399 e. The van der Waals surface area contributed by atoms with Crippen molar-refractivity contribution in [2.75, 3.05) is 13.2 Å². The maximum absolute atomic E-state index is 14.9. The molecule has 28 heavy (non-hydrogen) atoms. The van der Waals surface area contributed by atoms with Gasteiger partial charge < -0.3 is 14.0 Å². The first-order valence-electron chi connectivity index (χ1n) is 9.79. The molecule has 2 aromatic carbocycles. The summed E-state index contributed by atoms with van der Waals surface area (Å²) < 4.78 is 32.5. The van der Waals surface area contributed by atoms with Crippen LogP contribution >= 0.6 is 0 Å². The van der Waals surface area contributed by atoms with Crippen molar-refractivity contribution in [1.29, 1.82) is 0 Å². The summed E-state index contributed by atoms with van der Waals surface area (Å²) in [5, 5.41) is 0. The van der Waals surface area contributed by atoms with E-state index in [-0.39, 0.29) is 5.82 Å². The SMILES string of the molecule is CC1(C)OB(c2cccc(-c3ccc(C4=CCOCC4)cc3F)c2)OC1(C)C. The van der Waals surface area contributed by atoms with Gasteiger partial charge in [-0.05, 0) is 62.3 Å². The van der Waals surface area contributed by atoms with Crippen molar-refractivity contribution in [2.45, 2.75) is 45.3 Å². The maximum Gasteiger partial charge on any atom is 0.494 e. The van der Waals surface area contributed by atoms with E-state index >= 15 is 0 Å². The third kappa shape index (κ3) is 3.55. The van der Waals surface area contributed by atoms with Gasteiger partial charge in [-0.3, -0.25) is 0 Å². The van der Waals surface area contributed by atoms with Gasteiger partial charge >= 0.3 is 7.12 Å². The molecule has 4 rings (SSSR count). The average Bonchev–Trinajstić information content (AvgIpc) is 2.90. The van der Waals surface area contributed by atoms with Crippen LogP contribution in [0.3, 0.4) is 0 Å². The molecule has 2 aliphatic rings. The zero-order valence-electron chi connectivity index (χ0n) is 16.9. The minimum atomic E-state index is -0.459. The monoisotopic (exact) mass is 380 g/mol. The fraction of sp³-hybridized carbons (Fsp3) is 0.391. The Bertz CT molecular complexity index is 904. The minimum absolute atomic E-state index is 0.226. The molecular weight excluding hydrogens is 354 g/mol. The van der Waals surface area contributed by atoms with Crippen LogP contribution in [0.4, 0.5) is 4.39 Å². The summed E-state index contributed by atoms with van der Waals surface area (Å²) in [4.78, 5) is 0. The predicted octanol–water partition coefficient (Wildman–Crippen LogP) is 4.60. The Morgan fingerprint density at radius 2 is 1.68 bits per heavy atom. The van der Waals surface area contributed by atoms with Crippen LogP contribution in [-0.4, -0.2) is 31.5 Å². The molecule has 1 saturated heterocycles. The summed E-state index contributed by atoms with van der Waals surface area (Å²) in [5.74, 6) is -0.226. The Kier molecular flexibility index (Phi) is 4.94. The molecule has 2 aliphatic heterocycles. The first kappa shape index (κ1) is 19.4. The molecule has 0 radical (unpaired) electrons. The van der Waals surface area contributed by atoms with Crippen LogP contribution in [0.2, 0.25) is 0 Å². The van der Waals surface area contributed by atoms with Crippen LogP contribution in [0.5, 0.6) is 0 Å². The molecule has 5 heteroatoms. The summed E-state index contributed by atoms with van der Waals surface area (Å²) >= 11 is 0. The van der Waals surface area contributed by atoms with Crippen molar-refractivity contribution in [3.63, 3.8) is 0 Å². The van der Waals surface area contributed by atoms with E-state index in [1.807, 2.05) is 70.2 Å². The average molecular weight is 380 g/mol. The number of hydrogen-bond acceptors (Lipinski definition) is 3. The van der Waals surface area contributed by atoms with Gasteiger partial charge in [0.25, 0.3) is 0 Å². The molecule has 2 heterocycles. The van der Waals surface area contributed by atoms with E-state index in [4.69, 9.17) is 14.0 Å². The van der Waals surface area contributed by atoms with Crippen LogP contribution in [0.1, 0.15) is 39.7 Å². The van der Waals surface area contributed by atoms with Gasteiger partial charge in [-0.15, -0.1) is 0 Å².